The van der Waals surface area contributed by atoms with E-state index in [9.17, 15) is 14.0 Å². The van der Waals surface area contributed by atoms with Crippen molar-refractivity contribution in [2.75, 3.05) is 13.1 Å². The van der Waals surface area contributed by atoms with E-state index in [0.29, 0.717) is 13.1 Å². The molecule has 2 heterocycles. The number of rotatable bonds is 3. The largest absolute Gasteiger partial charge is 0.477 e. The molecule has 88 valence electrons. The average molecular weight is 230 g/mol. The summed E-state index contributed by atoms with van der Waals surface area (Å²) in [6, 6.07) is -0.902. The molecule has 1 N–H and O–H groups in total. The first-order valence-electron chi connectivity index (χ1n) is 4.78. The number of halogens is 1. The Morgan fingerprint density at radius 3 is 3.06 bits per heavy atom. The molecule has 2 rings (SSSR count). The second kappa shape index (κ2) is 3.75. The molecule has 16 heavy (non-hydrogen) atoms. The van der Waals surface area contributed by atoms with Crippen molar-refractivity contribution >= 4 is 12.0 Å². The number of hydrogen-bond donors (Lipinski definition) is 1. The zero-order valence-electron chi connectivity index (χ0n) is 8.59. The number of carbonyl (C=O) groups is 2. The van der Waals surface area contributed by atoms with E-state index < -0.39 is 24.4 Å². The van der Waals surface area contributed by atoms with Gasteiger partial charge in [-0.2, -0.15) is 5.06 Å². The van der Waals surface area contributed by atoms with Crippen molar-refractivity contribution < 1.29 is 23.9 Å². The first-order chi connectivity index (χ1) is 7.49. The van der Waals surface area contributed by atoms with Crippen molar-refractivity contribution in [3.8, 4) is 0 Å². The number of nitrogens with zero attached hydrogens (tertiary/aromatic N) is 2. The van der Waals surface area contributed by atoms with Crippen LogP contribution in [-0.2, 0) is 9.63 Å². The van der Waals surface area contributed by atoms with Gasteiger partial charge in [0.2, 0.25) is 0 Å². The van der Waals surface area contributed by atoms with Crippen LogP contribution in [0.25, 0.3) is 0 Å². The monoisotopic (exact) mass is 230 g/mol. The van der Waals surface area contributed by atoms with Crippen molar-refractivity contribution in [1.29, 1.82) is 0 Å². The number of fused-ring (bicyclic) bond motifs is 2. The highest BCUT2D eigenvalue weighted by atomic mass is 19.1. The van der Waals surface area contributed by atoms with Gasteiger partial charge in [-0.1, -0.05) is 11.6 Å². The van der Waals surface area contributed by atoms with Gasteiger partial charge in [0, 0.05) is 13.1 Å². The minimum Gasteiger partial charge on any atom is -0.477 e. The van der Waals surface area contributed by atoms with Crippen LogP contribution in [0.4, 0.5) is 9.18 Å². The van der Waals surface area contributed by atoms with Gasteiger partial charge in [-0.05, 0) is 6.92 Å². The quantitative estimate of drug-likeness (QED) is 0.711. The third kappa shape index (κ3) is 1.73. The summed E-state index contributed by atoms with van der Waals surface area (Å²) in [6.07, 6.45) is -0.742. The first kappa shape index (κ1) is 10.9. The van der Waals surface area contributed by atoms with Gasteiger partial charge in [-0.3, -0.25) is 0 Å². The second-order valence-corrected chi connectivity index (χ2v) is 3.83. The van der Waals surface area contributed by atoms with Crippen LogP contribution in [0, 0.1) is 0 Å². The third-order valence-corrected chi connectivity index (χ3v) is 2.49. The fourth-order valence-electron chi connectivity index (χ4n) is 1.86. The van der Waals surface area contributed by atoms with Crippen molar-refractivity contribution in [3.05, 3.63) is 11.6 Å². The van der Waals surface area contributed by atoms with E-state index in [4.69, 9.17) is 5.11 Å². The summed E-state index contributed by atoms with van der Waals surface area (Å²) in [7, 11) is 0. The van der Waals surface area contributed by atoms with Gasteiger partial charge in [0.25, 0.3) is 0 Å². The molecule has 0 radical (unpaired) electrons. The van der Waals surface area contributed by atoms with Crippen LogP contribution >= 0.6 is 0 Å². The lowest BCUT2D eigenvalue weighted by atomic mass is 10.1. The molecule has 7 heteroatoms. The van der Waals surface area contributed by atoms with Crippen LogP contribution in [-0.4, -0.2) is 52.6 Å². The normalized spacial score (nSPS) is 25.8. The summed E-state index contributed by atoms with van der Waals surface area (Å²) in [6.45, 7) is 2.72. The van der Waals surface area contributed by atoms with Crippen molar-refractivity contribution in [2.45, 2.75) is 19.3 Å². The molecule has 2 atom stereocenters. The molecular formula is C9H11FN2O4. The molecule has 2 amide bonds. The van der Waals surface area contributed by atoms with Crippen LogP contribution < -0.4 is 0 Å². The van der Waals surface area contributed by atoms with Gasteiger partial charge in [0.1, 0.15) is 0 Å². The lowest BCUT2D eigenvalue weighted by Gasteiger charge is -2.20. The van der Waals surface area contributed by atoms with Crippen molar-refractivity contribution in [1.82, 2.24) is 9.96 Å². The highest BCUT2D eigenvalue weighted by Crippen LogP contribution is 2.25. The SMILES string of the molecule is CC1=CC2CN(C1)C(=O)N2OC(F)C(=O)O. The lowest BCUT2D eigenvalue weighted by molar-refractivity contribution is -0.219. The number of hydrogen-bond acceptors (Lipinski definition) is 3. The Morgan fingerprint density at radius 1 is 1.75 bits per heavy atom. The molecule has 1 saturated heterocycles. The topological polar surface area (TPSA) is 70.1 Å². The number of aliphatic carboxylic acids is 1. The number of carbonyl (C=O) groups excluding carboxylic acids is 1. The smallest absolute Gasteiger partial charge is 0.368 e. The molecule has 2 aliphatic rings. The molecule has 2 bridgehead atoms. The summed E-state index contributed by atoms with van der Waals surface area (Å²) < 4.78 is 12.9. The lowest BCUT2D eigenvalue weighted by Crippen LogP contribution is -2.38. The van der Waals surface area contributed by atoms with E-state index in [0.717, 1.165) is 10.6 Å². The van der Waals surface area contributed by atoms with Gasteiger partial charge < -0.3 is 10.0 Å². The third-order valence-electron chi connectivity index (χ3n) is 2.49. The summed E-state index contributed by atoms with van der Waals surface area (Å²) in [5.74, 6) is -1.75. The van der Waals surface area contributed by atoms with Gasteiger partial charge in [0.05, 0.1) is 6.04 Å². The van der Waals surface area contributed by atoms with Crippen LogP contribution in [0.3, 0.4) is 0 Å². The standard InChI is InChI=1S/C9H11FN2O4/c1-5-2-6-4-11(3-5)9(15)12(6)16-7(10)8(13)14/h2,6-7H,3-4H2,1H3,(H,13,14). The molecule has 0 saturated carbocycles. The molecule has 0 aliphatic carbocycles. The molecule has 1 fully saturated rings. The molecule has 2 aliphatic heterocycles. The summed E-state index contributed by atoms with van der Waals surface area (Å²) in [5.41, 5.74) is 0.974. The number of amides is 2. The van der Waals surface area contributed by atoms with Gasteiger partial charge in [-0.25, -0.2) is 18.8 Å². The molecule has 6 nitrogen and oxygen atoms in total. The van der Waals surface area contributed by atoms with Crippen LogP contribution in [0.2, 0.25) is 0 Å². The fourth-order valence-corrected chi connectivity index (χ4v) is 1.86. The zero-order chi connectivity index (χ0) is 11.9. The van der Waals surface area contributed by atoms with E-state index in [2.05, 4.69) is 4.84 Å². The zero-order valence-corrected chi connectivity index (χ0v) is 8.59. The Labute approximate surface area is 90.8 Å². The maximum atomic E-state index is 12.9. The Hall–Kier alpha value is -1.63. The molecular weight excluding hydrogens is 219 g/mol. The summed E-state index contributed by atoms with van der Waals surface area (Å²) >= 11 is 0. The van der Waals surface area contributed by atoms with E-state index in [1.165, 1.54) is 4.90 Å². The van der Waals surface area contributed by atoms with Crippen molar-refractivity contribution in [2.24, 2.45) is 0 Å². The molecule has 2 unspecified atom stereocenters. The molecule has 0 aromatic carbocycles. The minimum atomic E-state index is -2.52. The first-order valence-corrected chi connectivity index (χ1v) is 4.78. The second-order valence-electron chi connectivity index (χ2n) is 3.83. The average Bonchev–Trinajstić information content (AvgIpc) is 2.42. The molecule has 0 spiro atoms. The Morgan fingerprint density at radius 2 is 2.44 bits per heavy atom. The fraction of sp³-hybridized carbons (Fsp3) is 0.556. The number of carboxylic acids is 1. The predicted molar refractivity (Wildman–Crippen MR) is 50.0 cm³/mol. The van der Waals surface area contributed by atoms with Crippen LogP contribution in [0.5, 0.6) is 0 Å². The van der Waals surface area contributed by atoms with Crippen LogP contribution in [0.15, 0.2) is 11.6 Å². The van der Waals surface area contributed by atoms with Crippen molar-refractivity contribution in [3.63, 3.8) is 0 Å². The molecule has 0 aromatic heterocycles. The Bertz CT molecular complexity index is 371. The van der Waals surface area contributed by atoms with Crippen LogP contribution in [0.1, 0.15) is 6.92 Å². The highest BCUT2D eigenvalue weighted by Gasteiger charge is 2.42. The maximum Gasteiger partial charge on any atom is 0.368 e. The molecule has 0 aromatic rings. The number of hydroxylamine groups is 2. The van der Waals surface area contributed by atoms with E-state index >= 15 is 0 Å². The van der Waals surface area contributed by atoms with E-state index in [1.807, 2.05) is 6.92 Å². The number of alkyl halides is 1. The van der Waals surface area contributed by atoms with E-state index in [1.54, 1.807) is 6.08 Å². The number of carboxylic acid groups (broad SMARTS) is 1. The van der Waals surface area contributed by atoms with Gasteiger partial charge >= 0.3 is 18.4 Å². The van der Waals surface area contributed by atoms with Gasteiger partial charge in [-0.15, -0.1) is 0 Å². The Kier molecular flexibility index (Phi) is 2.55. The Balaban J connectivity index is 2.11. The summed E-state index contributed by atoms with van der Waals surface area (Å²) in [4.78, 5) is 27.9. The minimum absolute atomic E-state index is 0.404. The maximum absolute atomic E-state index is 12.9. The predicted octanol–water partition coefficient (Wildman–Crippen LogP) is 0.364. The van der Waals surface area contributed by atoms with E-state index in [-0.39, 0.29) is 0 Å². The van der Waals surface area contributed by atoms with Gasteiger partial charge in [0.15, 0.2) is 0 Å². The summed E-state index contributed by atoms with van der Waals surface area (Å²) in [5, 5.41) is 9.14. The number of urea groups is 1. The highest BCUT2D eigenvalue weighted by molar-refractivity contribution is 5.78.